The van der Waals surface area contributed by atoms with Crippen molar-refractivity contribution in [3.8, 4) is 0 Å². The van der Waals surface area contributed by atoms with Crippen LogP contribution >= 0.6 is 0 Å². The first-order valence-electron chi connectivity index (χ1n) is 4.68. The van der Waals surface area contributed by atoms with Crippen LogP contribution in [-0.4, -0.2) is 0 Å². The predicted molar refractivity (Wildman–Crippen MR) is 46.0 cm³/mol. The van der Waals surface area contributed by atoms with Gasteiger partial charge in [0.15, 0.2) is 0 Å². The normalized spacial score (nSPS) is 42.9. The molecule has 0 spiro atoms. The highest BCUT2D eigenvalue weighted by atomic mass is 14.2. The van der Waals surface area contributed by atoms with Gasteiger partial charge in [-0.1, -0.05) is 33.6 Å². The van der Waals surface area contributed by atoms with E-state index >= 15 is 0 Å². The SMILES string of the molecule is CC1CCC(C)CC(C)C1. The molecule has 0 bridgehead atoms. The van der Waals surface area contributed by atoms with E-state index < -0.39 is 0 Å². The second-order valence-electron chi connectivity index (χ2n) is 4.36. The summed E-state index contributed by atoms with van der Waals surface area (Å²) >= 11 is 0. The fourth-order valence-corrected chi connectivity index (χ4v) is 2.27. The zero-order valence-electron chi connectivity index (χ0n) is 7.56. The molecule has 0 radical (unpaired) electrons. The lowest BCUT2D eigenvalue weighted by atomic mass is 9.95. The summed E-state index contributed by atoms with van der Waals surface area (Å²) in [7, 11) is 0. The molecule has 0 aromatic rings. The van der Waals surface area contributed by atoms with Crippen LogP contribution in [0.4, 0.5) is 0 Å². The van der Waals surface area contributed by atoms with E-state index in [1.54, 1.807) is 0 Å². The maximum absolute atomic E-state index is 2.40. The molecule has 0 aromatic heterocycles. The standard InChI is InChI=1S/C10H20/c1-8-4-5-9(2)7-10(3)6-8/h8-10H,4-7H2,1-3H3. The van der Waals surface area contributed by atoms with Crippen LogP contribution in [0.3, 0.4) is 0 Å². The van der Waals surface area contributed by atoms with Gasteiger partial charge in [-0.15, -0.1) is 0 Å². The van der Waals surface area contributed by atoms with Crippen LogP contribution in [0.25, 0.3) is 0 Å². The highest BCUT2D eigenvalue weighted by molar-refractivity contribution is 4.69. The smallest absolute Gasteiger partial charge is 0.0438 e. The van der Waals surface area contributed by atoms with Gasteiger partial charge in [0.2, 0.25) is 0 Å². The average Bonchev–Trinajstić information content (AvgIpc) is 1.93. The van der Waals surface area contributed by atoms with Crippen LogP contribution in [0, 0.1) is 17.8 Å². The van der Waals surface area contributed by atoms with Crippen LogP contribution in [0.2, 0.25) is 0 Å². The van der Waals surface area contributed by atoms with Crippen LogP contribution in [-0.2, 0) is 0 Å². The van der Waals surface area contributed by atoms with E-state index in [4.69, 9.17) is 0 Å². The molecule has 1 fully saturated rings. The second kappa shape index (κ2) is 3.41. The molecule has 0 heterocycles. The fraction of sp³-hybridized carbons (Fsp3) is 1.00. The van der Waals surface area contributed by atoms with E-state index in [9.17, 15) is 0 Å². The molecule has 10 heavy (non-hydrogen) atoms. The molecular formula is C10H20. The van der Waals surface area contributed by atoms with Gasteiger partial charge in [0.05, 0.1) is 0 Å². The Labute approximate surface area is 65.0 Å². The third-order valence-corrected chi connectivity index (χ3v) is 2.76. The van der Waals surface area contributed by atoms with Crippen molar-refractivity contribution in [1.82, 2.24) is 0 Å². The second-order valence-corrected chi connectivity index (χ2v) is 4.36. The van der Waals surface area contributed by atoms with Gasteiger partial charge < -0.3 is 0 Å². The monoisotopic (exact) mass is 140 g/mol. The maximum Gasteiger partial charge on any atom is -0.0438 e. The van der Waals surface area contributed by atoms with Gasteiger partial charge in [-0.2, -0.15) is 0 Å². The van der Waals surface area contributed by atoms with E-state index in [2.05, 4.69) is 20.8 Å². The molecule has 2 atom stereocenters. The Kier molecular flexibility index (Phi) is 2.76. The minimum Gasteiger partial charge on any atom is -0.0625 e. The summed E-state index contributed by atoms with van der Waals surface area (Å²) in [5, 5.41) is 0. The Morgan fingerprint density at radius 3 is 1.50 bits per heavy atom. The summed E-state index contributed by atoms with van der Waals surface area (Å²) in [6, 6.07) is 0. The van der Waals surface area contributed by atoms with E-state index in [1.807, 2.05) is 0 Å². The summed E-state index contributed by atoms with van der Waals surface area (Å²) in [6.07, 6.45) is 5.85. The van der Waals surface area contributed by atoms with Gasteiger partial charge in [0, 0.05) is 0 Å². The molecule has 0 aliphatic heterocycles. The van der Waals surface area contributed by atoms with Gasteiger partial charge in [-0.3, -0.25) is 0 Å². The minimum absolute atomic E-state index is 0.979. The van der Waals surface area contributed by atoms with Crippen molar-refractivity contribution in [2.24, 2.45) is 17.8 Å². The van der Waals surface area contributed by atoms with Crippen LogP contribution in [0.1, 0.15) is 46.5 Å². The topological polar surface area (TPSA) is 0 Å². The third kappa shape index (κ3) is 2.32. The molecule has 1 aliphatic rings. The van der Waals surface area contributed by atoms with Gasteiger partial charge in [0.25, 0.3) is 0 Å². The Hall–Kier alpha value is 0. The molecule has 1 aliphatic carbocycles. The van der Waals surface area contributed by atoms with Crippen molar-refractivity contribution in [2.75, 3.05) is 0 Å². The number of hydrogen-bond donors (Lipinski definition) is 0. The molecule has 0 nitrogen and oxygen atoms in total. The molecule has 0 heteroatoms. The van der Waals surface area contributed by atoms with Crippen molar-refractivity contribution in [2.45, 2.75) is 46.5 Å². The Morgan fingerprint density at radius 1 is 0.700 bits per heavy atom. The van der Waals surface area contributed by atoms with Crippen LogP contribution < -0.4 is 0 Å². The van der Waals surface area contributed by atoms with E-state index in [-0.39, 0.29) is 0 Å². The summed E-state index contributed by atoms with van der Waals surface area (Å²) in [5.41, 5.74) is 0. The highest BCUT2D eigenvalue weighted by Crippen LogP contribution is 2.30. The minimum atomic E-state index is 0.979. The molecular weight excluding hydrogens is 120 g/mol. The zero-order valence-corrected chi connectivity index (χ0v) is 7.56. The van der Waals surface area contributed by atoms with Gasteiger partial charge in [0.1, 0.15) is 0 Å². The average molecular weight is 140 g/mol. The molecule has 60 valence electrons. The Bertz CT molecular complexity index is 84.2. The number of hydrogen-bond acceptors (Lipinski definition) is 0. The molecule has 0 amide bonds. The van der Waals surface area contributed by atoms with Crippen molar-refractivity contribution >= 4 is 0 Å². The van der Waals surface area contributed by atoms with Crippen LogP contribution in [0.15, 0.2) is 0 Å². The molecule has 0 N–H and O–H groups in total. The van der Waals surface area contributed by atoms with Gasteiger partial charge >= 0.3 is 0 Å². The molecule has 1 rings (SSSR count). The quantitative estimate of drug-likeness (QED) is 0.452. The molecule has 0 saturated heterocycles. The largest absolute Gasteiger partial charge is 0.0625 e. The van der Waals surface area contributed by atoms with E-state index in [1.165, 1.54) is 25.7 Å². The molecule has 2 unspecified atom stereocenters. The maximum atomic E-state index is 2.40. The summed E-state index contributed by atoms with van der Waals surface area (Å²) in [6.45, 7) is 7.20. The lowest BCUT2D eigenvalue weighted by Gasteiger charge is -2.11. The fourth-order valence-electron chi connectivity index (χ4n) is 2.27. The van der Waals surface area contributed by atoms with E-state index in [0.29, 0.717) is 0 Å². The first-order chi connectivity index (χ1) is 4.68. The lowest BCUT2D eigenvalue weighted by Crippen LogP contribution is -1.99. The lowest BCUT2D eigenvalue weighted by molar-refractivity contribution is 0.404. The van der Waals surface area contributed by atoms with Crippen molar-refractivity contribution in [3.05, 3.63) is 0 Å². The predicted octanol–water partition coefficient (Wildman–Crippen LogP) is 3.47. The summed E-state index contributed by atoms with van der Waals surface area (Å²) in [4.78, 5) is 0. The summed E-state index contributed by atoms with van der Waals surface area (Å²) in [5.74, 6) is 2.95. The van der Waals surface area contributed by atoms with Crippen molar-refractivity contribution in [1.29, 1.82) is 0 Å². The van der Waals surface area contributed by atoms with Gasteiger partial charge in [-0.05, 0) is 30.6 Å². The first kappa shape index (κ1) is 8.10. The highest BCUT2D eigenvalue weighted by Gasteiger charge is 2.17. The molecule has 1 saturated carbocycles. The van der Waals surface area contributed by atoms with Crippen molar-refractivity contribution in [3.63, 3.8) is 0 Å². The third-order valence-electron chi connectivity index (χ3n) is 2.76. The number of rotatable bonds is 0. The van der Waals surface area contributed by atoms with Gasteiger partial charge in [-0.25, -0.2) is 0 Å². The first-order valence-corrected chi connectivity index (χ1v) is 4.68. The Morgan fingerprint density at radius 2 is 1.10 bits per heavy atom. The van der Waals surface area contributed by atoms with Crippen molar-refractivity contribution < 1.29 is 0 Å². The summed E-state index contributed by atoms with van der Waals surface area (Å²) < 4.78 is 0. The van der Waals surface area contributed by atoms with E-state index in [0.717, 1.165) is 17.8 Å². The zero-order chi connectivity index (χ0) is 7.56. The molecule has 0 aromatic carbocycles. The van der Waals surface area contributed by atoms with Crippen LogP contribution in [0.5, 0.6) is 0 Å². The Balaban J connectivity index is 2.38.